The van der Waals surface area contributed by atoms with Gasteiger partial charge in [-0.15, -0.1) is 12.4 Å². The van der Waals surface area contributed by atoms with E-state index in [-0.39, 0.29) is 30.6 Å². The van der Waals surface area contributed by atoms with Gasteiger partial charge in [0.25, 0.3) is 0 Å². The minimum absolute atomic E-state index is 0. The molecule has 3 aromatic rings. The van der Waals surface area contributed by atoms with Gasteiger partial charge in [0.15, 0.2) is 11.5 Å². The number of hydrogen-bond acceptors (Lipinski definition) is 3. The fourth-order valence-corrected chi connectivity index (χ4v) is 2.91. The van der Waals surface area contributed by atoms with E-state index in [0.29, 0.717) is 35.2 Å². The third kappa shape index (κ3) is 6.60. The Labute approximate surface area is 180 Å². The zero-order valence-electron chi connectivity index (χ0n) is 15.8. The molecule has 0 bridgehead atoms. The molecule has 0 aliphatic carbocycles. The van der Waals surface area contributed by atoms with Crippen molar-refractivity contribution in [2.75, 3.05) is 7.11 Å². The van der Waals surface area contributed by atoms with Crippen LogP contribution < -0.4 is 14.8 Å². The molecule has 7 heteroatoms. The maximum Gasteiger partial charge on any atom is 0.161 e. The summed E-state index contributed by atoms with van der Waals surface area (Å²) in [6.07, 6.45) is 0. The van der Waals surface area contributed by atoms with Crippen molar-refractivity contribution in [3.8, 4) is 11.5 Å². The second kappa shape index (κ2) is 11.0. The monoisotopic (exact) mass is 439 g/mol. The Morgan fingerprint density at radius 2 is 1.48 bits per heavy atom. The summed E-state index contributed by atoms with van der Waals surface area (Å²) in [6.45, 7) is 1.46. The van der Waals surface area contributed by atoms with Gasteiger partial charge in [-0.3, -0.25) is 0 Å². The molecule has 0 aliphatic heterocycles. The second-order valence-corrected chi connectivity index (χ2v) is 6.65. The SMILES string of the molecule is COc1cc(CNCc2ccc(F)cc2)ccc1OCc1ccc(F)cc1Cl.Cl. The quantitative estimate of drug-likeness (QED) is 0.472. The Morgan fingerprint density at radius 1 is 0.828 bits per heavy atom. The Bertz CT molecular complexity index is 937. The Hall–Kier alpha value is -2.34. The number of halogens is 4. The van der Waals surface area contributed by atoms with Crippen molar-refractivity contribution in [3.05, 3.63) is 94.0 Å². The summed E-state index contributed by atoms with van der Waals surface area (Å²) in [5.74, 6) is 0.541. The highest BCUT2D eigenvalue weighted by atomic mass is 35.5. The van der Waals surface area contributed by atoms with Gasteiger partial charge >= 0.3 is 0 Å². The van der Waals surface area contributed by atoms with Crippen molar-refractivity contribution < 1.29 is 18.3 Å². The molecule has 0 amide bonds. The van der Waals surface area contributed by atoms with Gasteiger partial charge in [0.05, 0.1) is 12.1 Å². The highest BCUT2D eigenvalue weighted by Crippen LogP contribution is 2.29. The van der Waals surface area contributed by atoms with Gasteiger partial charge in [-0.2, -0.15) is 0 Å². The molecule has 29 heavy (non-hydrogen) atoms. The van der Waals surface area contributed by atoms with Gasteiger partial charge in [-0.05, 0) is 47.5 Å². The van der Waals surface area contributed by atoms with Crippen LogP contribution in [0.15, 0.2) is 60.7 Å². The first-order valence-corrected chi connectivity index (χ1v) is 9.12. The fourth-order valence-electron chi connectivity index (χ4n) is 2.69. The first-order valence-electron chi connectivity index (χ1n) is 8.74. The molecule has 3 nitrogen and oxygen atoms in total. The molecule has 1 N–H and O–H groups in total. The lowest BCUT2D eigenvalue weighted by Crippen LogP contribution is -2.12. The zero-order chi connectivity index (χ0) is 19.9. The maximum atomic E-state index is 13.1. The largest absolute Gasteiger partial charge is 0.493 e. The minimum atomic E-state index is -0.385. The summed E-state index contributed by atoms with van der Waals surface area (Å²) in [6, 6.07) is 16.2. The molecule has 0 aromatic heterocycles. The lowest BCUT2D eigenvalue weighted by Gasteiger charge is -2.13. The topological polar surface area (TPSA) is 30.5 Å². The molecule has 0 atom stereocenters. The van der Waals surface area contributed by atoms with Gasteiger partial charge in [0, 0.05) is 18.7 Å². The van der Waals surface area contributed by atoms with E-state index in [4.69, 9.17) is 21.1 Å². The van der Waals surface area contributed by atoms with Crippen LogP contribution in [0.25, 0.3) is 0 Å². The highest BCUT2D eigenvalue weighted by Gasteiger charge is 2.08. The Kier molecular flexibility index (Phi) is 8.70. The van der Waals surface area contributed by atoms with Crippen molar-refractivity contribution in [3.63, 3.8) is 0 Å². The van der Waals surface area contributed by atoms with E-state index < -0.39 is 0 Å². The summed E-state index contributed by atoms with van der Waals surface area (Å²) in [5.41, 5.74) is 2.71. The predicted molar refractivity (Wildman–Crippen MR) is 113 cm³/mol. The molecule has 0 saturated heterocycles. The van der Waals surface area contributed by atoms with Gasteiger partial charge in [0.1, 0.15) is 18.2 Å². The lowest BCUT2D eigenvalue weighted by molar-refractivity contribution is 0.284. The molecule has 154 valence electrons. The van der Waals surface area contributed by atoms with Crippen molar-refractivity contribution in [2.24, 2.45) is 0 Å². The van der Waals surface area contributed by atoms with Crippen LogP contribution in [0.1, 0.15) is 16.7 Å². The van der Waals surface area contributed by atoms with Gasteiger partial charge < -0.3 is 14.8 Å². The fraction of sp³-hybridized carbons (Fsp3) is 0.182. The number of nitrogens with one attached hydrogen (secondary N) is 1. The van der Waals surface area contributed by atoms with E-state index >= 15 is 0 Å². The van der Waals surface area contributed by atoms with Crippen LogP contribution in [0, 0.1) is 11.6 Å². The first kappa shape index (κ1) is 22.9. The van der Waals surface area contributed by atoms with Gasteiger partial charge in [-0.25, -0.2) is 8.78 Å². The van der Waals surface area contributed by atoms with Crippen molar-refractivity contribution in [1.29, 1.82) is 0 Å². The standard InChI is InChI=1S/C22H20ClF2NO2.ClH/c1-27-22-10-16(13-26-12-15-2-6-18(24)7-3-15)4-9-21(22)28-14-17-5-8-19(25)11-20(17)23;/h2-11,26H,12-14H2,1H3;1H. The highest BCUT2D eigenvalue weighted by molar-refractivity contribution is 6.31. The number of benzene rings is 3. The third-order valence-electron chi connectivity index (χ3n) is 4.20. The number of methoxy groups -OCH3 is 1. The summed E-state index contributed by atoms with van der Waals surface area (Å²) >= 11 is 6.03. The molecule has 0 radical (unpaired) electrons. The maximum absolute atomic E-state index is 13.1. The summed E-state index contributed by atoms with van der Waals surface area (Å²) in [4.78, 5) is 0. The second-order valence-electron chi connectivity index (χ2n) is 6.24. The van der Waals surface area contributed by atoms with E-state index in [2.05, 4.69) is 5.32 Å². The van der Waals surface area contributed by atoms with E-state index in [0.717, 1.165) is 11.1 Å². The van der Waals surface area contributed by atoms with Crippen LogP contribution in [0.4, 0.5) is 8.78 Å². The van der Waals surface area contributed by atoms with Crippen LogP contribution >= 0.6 is 24.0 Å². The average molecular weight is 440 g/mol. The minimum Gasteiger partial charge on any atom is -0.493 e. The zero-order valence-corrected chi connectivity index (χ0v) is 17.3. The smallest absolute Gasteiger partial charge is 0.161 e. The van der Waals surface area contributed by atoms with Crippen molar-refractivity contribution in [2.45, 2.75) is 19.7 Å². The molecule has 0 spiro atoms. The third-order valence-corrected chi connectivity index (χ3v) is 4.55. The van der Waals surface area contributed by atoms with E-state index in [9.17, 15) is 8.78 Å². The van der Waals surface area contributed by atoms with Gasteiger partial charge in [-0.1, -0.05) is 35.9 Å². The van der Waals surface area contributed by atoms with E-state index in [1.807, 2.05) is 18.2 Å². The van der Waals surface area contributed by atoms with Gasteiger partial charge in [0.2, 0.25) is 0 Å². The number of rotatable bonds is 8. The van der Waals surface area contributed by atoms with E-state index in [1.165, 1.54) is 24.3 Å². The summed E-state index contributed by atoms with van der Waals surface area (Å²) < 4.78 is 37.3. The molecule has 3 rings (SSSR count). The average Bonchev–Trinajstić information content (AvgIpc) is 2.69. The molecule has 0 aliphatic rings. The van der Waals surface area contributed by atoms with E-state index in [1.54, 1.807) is 25.3 Å². The molecular formula is C22H21Cl2F2NO2. The first-order chi connectivity index (χ1) is 13.5. The summed E-state index contributed by atoms with van der Waals surface area (Å²) in [5, 5.41) is 3.63. The molecule has 0 heterocycles. The molecule has 0 saturated carbocycles. The lowest BCUT2D eigenvalue weighted by atomic mass is 10.1. The predicted octanol–water partition coefficient (Wildman–Crippen LogP) is 5.92. The molecule has 0 unspecified atom stereocenters. The Morgan fingerprint density at radius 3 is 2.17 bits per heavy atom. The van der Waals surface area contributed by atoms with Crippen LogP contribution in [0.2, 0.25) is 5.02 Å². The number of ether oxygens (including phenoxy) is 2. The molecular weight excluding hydrogens is 419 g/mol. The molecule has 0 fully saturated rings. The molecule has 3 aromatic carbocycles. The van der Waals surface area contributed by atoms with Crippen LogP contribution in [0.5, 0.6) is 11.5 Å². The van der Waals surface area contributed by atoms with Crippen LogP contribution in [-0.4, -0.2) is 7.11 Å². The van der Waals surface area contributed by atoms with Crippen LogP contribution in [0.3, 0.4) is 0 Å². The van der Waals surface area contributed by atoms with Crippen LogP contribution in [-0.2, 0) is 19.7 Å². The number of hydrogen-bond donors (Lipinski definition) is 1. The van der Waals surface area contributed by atoms with Crippen molar-refractivity contribution >= 4 is 24.0 Å². The summed E-state index contributed by atoms with van der Waals surface area (Å²) in [7, 11) is 1.57. The Balaban J connectivity index is 0.00000300. The van der Waals surface area contributed by atoms with Crippen molar-refractivity contribution in [1.82, 2.24) is 5.32 Å². The normalized spacial score (nSPS) is 10.3.